The van der Waals surface area contributed by atoms with Crippen LogP contribution in [0.3, 0.4) is 0 Å². The van der Waals surface area contributed by atoms with Gasteiger partial charge in [0, 0.05) is 23.9 Å². The van der Waals surface area contributed by atoms with Crippen molar-refractivity contribution in [2.75, 3.05) is 25.5 Å². The lowest BCUT2D eigenvalue weighted by Gasteiger charge is -2.26. The number of unbranched alkanes of at least 4 members (excludes halogenated alkanes) is 1. The minimum Gasteiger partial charge on any atom is -0.494 e. The summed E-state index contributed by atoms with van der Waals surface area (Å²) < 4.78 is 12.2. The molecule has 12 heteroatoms. The molecule has 3 heterocycles. The zero-order valence-corrected chi connectivity index (χ0v) is 22.1. The molecular formula is C25H26N6O4S2. The number of rotatable bonds is 8. The van der Waals surface area contributed by atoms with Crippen molar-refractivity contribution in [3.8, 4) is 11.8 Å². The Morgan fingerprint density at radius 1 is 1.35 bits per heavy atom. The fourth-order valence-electron chi connectivity index (χ4n) is 4.53. The van der Waals surface area contributed by atoms with Crippen LogP contribution in [0.4, 0.5) is 16.3 Å². The molecule has 10 nitrogen and oxygen atoms in total. The quantitative estimate of drug-likeness (QED) is 0.301. The van der Waals surface area contributed by atoms with Gasteiger partial charge >= 0.3 is 11.0 Å². The summed E-state index contributed by atoms with van der Waals surface area (Å²) in [6, 6.07) is 5.73. The minimum absolute atomic E-state index is 0.0270. The molecule has 1 aliphatic carbocycles. The Morgan fingerprint density at radius 3 is 3.00 bits per heavy atom. The fourth-order valence-corrected chi connectivity index (χ4v) is 6.54. The van der Waals surface area contributed by atoms with Gasteiger partial charge in [-0.1, -0.05) is 24.7 Å². The van der Waals surface area contributed by atoms with Crippen LogP contribution in [-0.4, -0.2) is 52.2 Å². The van der Waals surface area contributed by atoms with Gasteiger partial charge in [-0.05, 0) is 30.9 Å². The molecule has 1 aliphatic rings. The van der Waals surface area contributed by atoms with E-state index in [9.17, 15) is 9.59 Å². The smallest absolute Gasteiger partial charge is 0.410 e. The first-order valence-corrected chi connectivity index (χ1v) is 13.7. The topological polar surface area (TPSA) is 133 Å². The first kappa shape index (κ1) is 25.0. The second-order valence-electron chi connectivity index (χ2n) is 8.78. The summed E-state index contributed by atoms with van der Waals surface area (Å²) >= 11 is 2.72. The molecule has 2 N–H and O–H groups in total. The standard InChI is InChI=1S/C25H26N6O4S2/c1-3-4-8-31(9-7-26)25(33)35-14-5-6-15-19(10-14)36-23-21(15)22(27-13-28-23)29-16-12-20-17(11-18(16)34-2)30-24(32)37-20/h11-14H,3-6,8-10H2,1-2H3,(H,30,32)(H,27,28,29). The van der Waals surface area contributed by atoms with Crippen LogP contribution in [0, 0.1) is 11.3 Å². The predicted molar refractivity (Wildman–Crippen MR) is 144 cm³/mol. The molecule has 1 amide bonds. The van der Waals surface area contributed by atoms with Gasteiger partial charge in [-0.2, -0.15) is 5.26 Å². The number of benzene rings is 1. The Hall–Kier alpha value is -3.69. The van der Waals surface area contributed by atoms with E-state index < -0.39 is 6.09 Å². The molecule has 1 aromatic carbocycles. The van der Waals surface area contributed by atoms with Crippen LogP contribution in [0.25, 0.3) is 20.4 Å². The number of ether oxygens (including phenoxy) is 2. The maximum Gasteiger partial charge on any atom is 0.410 e. The predicted octanol–water partition coefficient (Wildman–Crippen LogP) is 4.97. The number of thiazole rings is 1. The summed E-state index contributed by atoms with van der Waals surface area (Å²) in [5, 5.41) is 13.4. The highest BCUT2D eigenvalue weighted by molar-refractivity contribution is 7.19. The molecule has 3 aromatic heterocycles. The third-order valence-corrected chi connectivity index (χ3v) is 8.37. The van der Waals surface area contributed by atoms with Gasteiger partial charge in [0.15, 0.2) is 0 Å². The summed E-state index contributed by atoms with van der Waals surface area (Å²) in [5.74, 6) is 1.26. The van der Waals surface area contributed by atoms with E-state index in [4.69, 9.17) is 14.7 Å². The van der Waals surface area contributed by atoms with Crippen molar-refractivity contribution in [1.82, 2.24) is 19.9 Å². The molecule has 0 saturated carbocycles. The van der Waals surface area contributed by atoms with Crippen molar-refractivity contribution in [1.29, 1.82) is 5.26 Å². The number of hydrogen-bond donors (Lipinski definition) is 2. The van der Waals surface area contributed by atoms with E-state index in [1.165, 1.54) is 11.2 Å². The van der Waals surface area contributed by atoms with Gasteiger partial charge in [0.05, 0.1) is 34.5 Å². The highest BCUT2D eigenvalue weighted by Crippen LogP contribution is 2.41. The Balaban J connectivity index is 1.39. The third kappa shape index (κ3) is 5.10. The number of anilines is 2. The van der Waals surface area contributed by atoms with Gasteiger partial charge in [0.25, 0.3) is 0 Å². The highest BCUT2D eigenvalue weighted by atomic mass is 32.1. The molecule has 0 fully saturated rings. The van der Waals surface area contributed by atoms with Crippen LogP contribution in [-0.2, 0) is 17.6 Å². The van der Waals surface area contributed by atoms with Crippen molar-refractivity contribution < 1.29 is 14.3 Å². The molecule has 1 unspecified atom stereocenters. The zero-order chi connectivity index (χ0) is 25.9. The summed E-state index contributed by atoms with van der Waals surface area (Å²) in [4.78, 5) is 39.7. The number of hydrogen-bond acceptors (Lipinski definition) is 10. The van der Waals surface area contributed by atoms with Crippen LogP contribution in [0.15, 0.2) is 23.3 Å². The van der Waals surface area contributed by atoms with Crippen LogP contribution in [0.2, 0.25) is 0 Å². The van der Waals surface area contributed by atoms with Gasteiger partial charge in [-0.15, -0.1) is 11.3 Å². The lowest BCUT2D eigenvalue weighted by molar-refractivity contribution is 0.0599. The number of amides is 1. The molecule has 0 spiro atoms. The number of carbonyl (C=O) groups is 1. The van der Waals surface area contributed by atoms with Crippen molar-refractivity contribution in [3.05, 3.63) is 38.6 Å². The van der Waals surface area contributed by atoms with Gasteiger partial charge in [-0.25, -0.2) is 14.8 Å². The number of thiophene rings is 1. The minimum atomic E-state index is -0.429. The average Bonchev–Trinajstić information content (AvgIpc) is 3.44. The Labute approximate surface area is 220 Å². The molecule has 5 rings (SSSR count). The molecule has 0 aliphatic heterocycles. The van der Waals surface area contributed by atoms with E-state index in [2.05, 4.69) is 26.3 Å². The van der Waals surface area contributed by atoms with E-state index in [0.717, 1.165) is 61.5 Å². The van der Waals surface area contributed by atoms with E-state index in [0.29, 0.717) is 36.6 Å². The van der Waals surface area contributed by atoms with Crippen LogP contribution >= 0.6 is 22.7 Å². The molecule has 4 aromatic rings. The Bertz CT molecular complexity index is 1550. The summed E-state index contributed by atoms with van der Waals surface area (Å²) in [7, 11) is 1.58. The highest BCUT2D eigenvalue weighted by Gasteiger charge is 2.29. The maximum atomic E-state index is 12.7. The number of aromatic amines is 1. The summed E-state index contributed by atoms with van der Waals surface area (Å²) in [6.07, 6.45) is 4.61. The number of nitriles is 1. The van der Waals surface area contributed by atoms with Gasteiger partial charge in [0.1, 0.15) is 35.4 Å². The number of nitrogens with one attached hydrogen (secondary N) is 2. The van der Waals surface area contributed by atoms with E-state index in [1.807, 2.05) is 13.0 Å². The number of aryl methyl sites for hydroxylation is 1. The average molecular weight is 539 g/mol. The second kappa shape index (κ2) is 10.7. The first-order valence-electron chi connectivity index (χ1n) is 12.1. The van der Waals surface area contributed by atoms with Gasteiger partial charge < -0.3 is 19.8 Å². The third-order valence-electron chi connectivity index (χ3n) is 6.36. The second-order valence-corrected chi connectivity index (χ2v) is 10.9. The molecular weight excluding hydrogens is 512 g/mol. The van der Waals surface area contributed by atoms with Crippen molar-refractivity contribution in [2.24, 2.45) is 0 Å². The van der Waals surface area contributed by atoms with Crippen LogP contribution in [0.5, 0.6) is 5.75 Å². The number of fused-ring (bicyclic) bond motifs is 4. The number of H-pyrrole nitrogens is 1. The maximum absolute atomic E-state index is 12.7. The Morgan fingerprint density at radius 2 is 2.22 bits per heavy atom. The first-order chi connectivity index (χ1) is 18.0. The van der Waals surface area contributed by atoms with E-state index in [1.54, 1.807) is 24.5 Å². The van der Waals surface area contributed by atoms with Gasteiger partial charge in [-0.3, -0.25) is 9.69 Å². The normalized spacial score (nSPS) is 14.8. The summed E-state index contributed by atoms with van der Waals surface area (Å²) in [5.41, 5.74) is 2.58. The molecule has 37 heavy (non-hydrogen) atoms. The van der Waals surface area contributed by atoms with Crippen LogP contribution < -0.4 is 14.9 Å². The summed E-state index contributed by atoms with van der Waals surface area (Å²) in [6.45, 7) is 2.59. The number of aromatic nitrogens is 3. The lowest BCUT2D eigenvalue weighted by Crippen LogP contribution is -2.36. The largest absolute Gasteiger partial charge is 0.494 e. The Kier molecular flexibility index (Phi) is 7.25. The molecule has 0 saturated heterocycles. The van der Waals surface area contributed by atoms with Crippen molar-refractivity contribution >= 4 is 60.7 Å². The fraction of sp³-hybridized carbons (Fsp3) is 0.400. The lowest BCUT2D eigenvalue weighted by atomic mass is 9.94. The van der Waals surface area contributed by atoms with Gasteiger partial charge in [0.2, 0.25) is 0 Å². The zero-order valence-electron chi connectivity index (χ0n) is 20.5. The van der Waals surface area contributed by atoms with E-state index >= 15 is 0 Å². The molecule has 0 bridgehead atoms. The SMILES string of the molecule is CCCCN(CC#N)C(=O)OC1CCc2c(sc3ncnc(Nc4cc5sc(=O)[nH]c5cc4OC)c23)C1. The van der Waals surface area contributed by atoms with Crippen LogP contribution in [0.1, 0.15) is 36.6 Å². The molecule has 0 radical (unpaired) electrons. The molecule has 192 valence electrons. The number of carbonyl (C=O) groups excluding carboxylic acids is 1. The van der Waals surface area contributed by atoms with E-state index in [-0.39, 0.29) is 17.5 Å². The molecule has 1 atom stereocenters. The number of methoxy groups -OCH3 is 1. The monoisotopic (exact) mass is 538 g/mol. The number of nitrogens with zero attached hydrogens (tertiary/aromatic N) is 4. The van der Waals surface area contributed by atoms with Crippen molar-refractivity contribution in [2.45, 2.75) is 45.1 Å². The van der Waals surface area contributed by atoms with Crippen molar-refractivity contribution in [3.63, 3.8) is 0 Å².